The van der Waals surface area contributed by atoms with E-state index in [4.69, 9.17) is 9.79 Å². The highest BCUT2D eigenvalue weighted by Gasteiger charge is 2.52. The Balaban J connectivity index is 2.11. The van der Waals surface area contributed by atoms with Gasteiger partial charge in [0.2, 0.25) is 0 Å². The van der Waals surface area contributed by atoms with Gasteiger partial charge in [-0.2, -0.15) is 5.10 Å². The standard InChI is InChI=1S/C5H8N3O3P/c9-12(10,11)4-1-3(4)5-6-2-7-8-5/h2-4H,1H2,(H,6,7,8)(H2,9,10,11). The van der Waals surface area contributed by atoms with Gasteiger partial charge in [0.15, 0.2) is 5.82 Å². The summed E-state index contributed by atoms with van der Waals surface area (Å²) in [7, 11) is -3.92. The van der Waals surface area contributed by atoms with Gasteiger partial charge in [0.25, 0.3) is 0 Å². The van der Waals surface area contributed by atoms with E-state index in [1.54, 1.807) is 0 Å². The highest BCUT2D eigenvalue weighted by Crippen LogP contribution is 2.61. The number of H-pyrrole nitrogens is 1. The molecule has 1 aromatic rings. The molecule has 2 atom stereocenters. The van der Waals surface area contributed by atoms with Gasteiger partial charge in [-0.05, 0) is 6.42 Å². The molecule has 0 spiro atoms. The zero-order valence-corrected chi connectivity index (χ0v) is 6.98. The van der Waals surface area contributed by atoms with Crippen LogP contribution in [0.2, 0.25) is 0 Å². The molecule has 2 rings (SSSR count). The number of nitrogens with zero attached hydrogens (tertiary/aromatic N) is 2. The molecule has 1 aliphatic rings. The maximum atomic E-state index is 10.7. The van der Waals surface area contributed by atoms with Crippen LogP contribution in [0.1, 0.15) is 18.2 Å². The van der Waals surface area contributed by atoms with Gasteiger partial charge in [-0.3, -0.25) is 9.66 Å². The summed E-state index contributed by atoms with van der Waals surface area (Å²) < 4.78 is 10.7. The zero-order valence-electron chi connectivity index (χ0n) is 6.08. The SMILES string of the molecule is O=P(O)(O)C1CC1c1nc[nH]n1. The Kier molecular flexibility index (Phi) is 1.57. The van der Waals surface area contributed by atoms with Crippen LogP contribution in [0.4, 0.5) is 0 Å². The van der Waals surface area contributed by atoms with E-state index >= 15 is 0 Å². The van der Waals surface area contributed by atoms with E-state index in [0.29, 0.717) is 12.2 Å². The van der Waals surface area contributed by atoms with Crippen molar-refractivity contribution >= 4 is 7.60 Å². The summed E-state index contributed by atoms with van der Waals surface area (Å²) in [5, 5.41) is 6.27. The molecule has 1 aliphatic carbocycles. The van der Waals surface area contributed by atoms with Crippen LogP contribution >= 0.6 is 7.60 Å². The van der Waals surface area contributed by atoms with Crippen LogP contribution in [-0.2, 0) is 4.57 Å². The van der Waals surface area contributed by atoms with Crippen molar-refractivity contribution in [1.82, 2.24) is 15.2 Å². The Labute approximate surface area is 68.2 Å². The highest BCUT2D eigenvalue weighted by atomic mass is 31.2. The van der Waals surface area contributed by atoms with Gasteiger partial charge in [-0.1, -0.05) is 0 Å². The van der Waals surface area contributed by atoms with Gasteiger partial charge in [0.1, 0.15) is 6.33 Å². The lowest BCUT2D eigenvalue weighted by Crippen LogP contribution is -1.92. The molecular formula is C5H8N3O3P. The van der Waals surface area contributed by atoms with Crippen molar-refractivity contribution < 1.29 is 14.4 Å². The molecule has 0 saturated heterocycles. The molecule has 0 aromatic carbocycles. The average molecular weight is 189 g/mol. The van der Waals surface area contributed by atoms with Gasteiger partial charge < -0.3 is 9.79 Å². The first kappa shape index (κ1) is 7.91. The maximum absolute atomic E-state index is 10.7. The number of aromatic amines is 1. The normalized spacial score (nSPS) is 28.8. The van der Waals surface area contributed by atoms with E-state index in [0.717, 1.165) is 0 Å². The number of hydrogen-bond acceptors (Lipinski definition) is 3. The predicted octanol–water partition coefficient (Wildman–Crippen LogP) is -0.162. The maximum Gasteiger partial charge on any atom is 0.329 e. The van der Waals surface area contributed by atoms with Gasteiger partial charge in [-0.15, -0.1) is 0 Å². The molecule has 12 heavy (non-hydrogen) atoms. The van der Waals surface area contributed by atoms with Crippen LogP contribution in [0.15, 0.2) is 6.33 Å². The first-order valence-electron chi connectivity index (χ1n) is 3.50. The monoisotopic (exact) mass is 189 g/mol. The van der Waals surface area contributed by atoms with Gasteiger partial charge in [0.05, 0.1) is 5.66 Å². The molecule has 2 unspecified atom stereocenters. The molecule has 1 saturated carbocycles. The minimum Gasteiger partial charge on any atom is -0.324 e. The van der Waals surface area contributed by atoms with Crippen molar-refractivity contribution in [3.05, 3.63) is 12.2 Å². The molecule has 1 heterocycles. The highest BCUT2D eigenvalue weighted by molar-refractivity contribution is 7.53. The molecule has 0 bridgehead atoms. The van der Waals surface area contributed by atoms with Crippen LogP contribution < -0.4 is 0 Å². The van der Waals surface area contributed by atoms with E-state index in [9.17, 15) is 4.57 Å². The third-order valence-electron chi connectivity index (χ3n) is 1.95. The number of hydrogen-bond donors (Lipinski definition) is 3. The second-order valence-electron chi connectivity index (χ2n) is 2.86. The lowest BCUT2D eigenvalue weighted by molar-refractivity contribution is 0.370. The number of rotatable bonds is 2. The third-order valence-corrected chi connectivity index (χ3v) is 3.39. The van der Waals surface area contributed by atoms with E-state index in [1.807, 2.05) is 0 Å². The Morgan fingerprint density at radius 2 is 2.42 bits per heavy atom. The lowest BCUT2D eigenvalue weighted by Gasteiger charge is -1.98. The topological polar surface area (TPSA) is 99.1 Å². The summed E-state index contributed by atoms with van der Waals surface area (Å²) in [6, 6.07) is 0. The fraction of sp³-hybridized carbons (Fsp3) is 0.600. The largest absolute Gasteiger partial charge is 0.329 e. The van der Waals surface area contributed by atoms with Crippen LogP contribution in [-0.4, -0.2) is 30.6 Å². The van der Waals surface area contributed by atoms with Crippen LogP contribution in [0.3, 0.4) is 0 Å². The van der Waals surface area contributed by atoms with Crippen molar-refractivity contribution in [3.63, 3.8) is 0 Å². The first-order chi connectivity index (χ1) is 5.59. The molecular weight excluding hydrogens is 181 g/mol. The number of aromatic nitrogens is 3. The zero-order chi connectivity index (χ0) is 8.77. The lowest BCUT2D eigenvalue weighted by atomic mass is 10.4. The van der Waals surface area contributed by atoms with E-state index < -0.39 is 13.3 Å². The quantitative estimate of drug-likeness (QED) is 0.561. The Hall–Kier alpha value is -0.710. The summed E-state index contributed by atoms with van der Waals surface area (Å²) in [6.07, 6.45) is 1.90. The van der Waals surface area contributed by atoms with Gasteiger partial charge in [0, 0.05) is 5.92 Å². The molecule has 1 fully saturated rings. The summed E-state index contributed by atoms with van der Waals surface area (Å²) >= 11 is 0. The third kappa shape index (κ3) is 1.29. The molecule has 0 radical (unpaired) electrons. The Bertz CT molecular complexity index is 319. The average Bonchev–Trinajstić information content (AvgIpc) is 2.60. The molecule has 6 nitrogen and oxygen atoms in total. The van der Waals surface area contributed by atoms with Crippen molar-refractivity contribution in [2.24, 2.45) is 0 Å². The Morgan fingerprint density at radius 1 is 1.67 bits per heavy atom. The van der Waals surface area contributed by atoms with E-state index in [2.05, 4.69) is 15.2 Å². The van der Waals surface area contributed by atoms with Gasteiger partial charge >= 0.3 is 7.60 Å². The molecule has 66 valence electrons. The fourth-order valence-corrected chi connectivity index (χ4v) is 2.33. The second kappa shape index (κ2) is 2.39. The number of nitrogens with one attached hydrogen (secondary N) is 1. The summed E-state index contributed by atoms with van der Waals surface area (Å²) in [5.41, 5.74) is -0.562. The smallest absolute Gasteiger partial charge is 0.324 e. The minimum absolute atomic E-state index is 0.155. The van der Waals surface area contributed by atoms with Crippen molar-refractivity contribution in [1.29, 1.82) is 0 Å². The van der Waals surface area contributed by atoms with Crippen molar-refractivity contribution in [2.45, 2.75) is 18.0 Å². The first-order valence-corrected chi connectivity index (χ1v) is 5.18. The van der Waals surface area contributed by atoms with E-state index in [-0.39, 0.29) is 5.92 Å². The van der Waals surface area contributed by atoms with Crippen molar-refractivity contribution in [3.8, 4) is 0 Å². The van der Waals surface area contributed by atoms with Crippen LogP contribution in [0.5, 0.6) is 0 Å². The summed E-state index contributed by atoms with van der Waals surface area (Å²) in [6.45, 7) is 0. The minimum atomic E-state index is -3.92. The summed E-state index contributed by atoms with van der Waals surface area (Å²) in [4.78, 5) is 21.4. The molecule has 0 aliphatic heterocycles. The van der Waals surface area contributed by atoms with E-state index in [1.165, 1.54) is 6.33 Å². The van der Waals surface area contributed by atoms with Crippen LogP contribution in [0.25, 0.3) is 0 Å². The summed E-state index contributed by atoms with van der Waals surface area (Å²) in [5.74, 6) is 0.348. The molecule has 0 amide bonds. The Morgan fingerprint density at radius 3 is 2.83 bits per heavy atom. The van der Waals surface area contributed by atoms with Gasteiger partial charge in [-0.25, -0.2) is 4.98 Å². The molecule has 1 aromatic heterocycles. The molecule has 3 N–H and O–H groups in total. The van der Waals surface area contributed by atoms with Crippen molar-refractivity contribution in [2.75, 3.05) is 0 Å². The predicted molar refractivity (Wildman–Crippen MR) is 39.6 cm³/mol. The second-order valence-corrected chi connectivity index (χ2v) is 4.70. The fourth-order valence-electron chi connectivity index (χ4n) is 1.23. The molecule has 7 heteroatoms. The van der Waals surface area contributed by atoms with Crippen LogP contribution in [0, 0.1) is 0 Å².